The first kappa shape index (κ1) is 16.1. The average Bonchev–Trinajstić information content (AvgIpc) is 2.91. The summed E-state index contributed by atoms with van der Waals surface area (Å²) in [7, 11) is 0. The van der Waals surface area contributed by atoms with Gasteiger partial charge in [0.05, 0.1) is 18.6 Å². The Bertz CT molecular complexity index is 557. The fraction of sp³-hybridized carbons (Fsp3) is 0.600. The van der Waals surface area contributed by atoms with E-state index in [9.17, 15) is 0 Å². The van der Waals surface area contributed by atoms with Crippen LogP contribution in [0.3, 0.4) is 0 Å². The standard InChI is InChI=1S/C15H23N3O2S/c1-4-16-14-12-5-8-21-15(12)18-13(17-14)10-20-7-6-19-9-11(2)3/h5,8,11H,4,6-7,9-10H2,1-3H3,(H,16,17,18). The molecule has 0 aromatic carbocycles. The third-order valence-corrected chi connectivity index (χ3v) is 3.58. The molecule has 0 aliphatic rings. The summed E-state index contributed by atoms with van der Waals surface area (Å²) in [6.07, 6.45) is 0. The third kappa shape index (κ3) is 4.91. The number of anilines is 1. The van der Waals surface area contributed by atoms with Gasteiger partial charge in [0.25, 0.3) is 0 Å². The quantitative estimate of drug-likeness (QED) is 0.720. The molecule has 116 valence electrons. The summed E-state index contributed by atoms with van der Waals surface area (Å²) in [4.78, 5) is 10.0. The summed E-state index contributed by atoms with van der Waals surface area (Å²) in [5.74, 6) is 2.15. The highest BCUT2D eigenvalue weighted by molar-refractivity contribution is 7.16. The Morgan fingerprint density at radius 3 is 2.81 bits per heavy atom. The van der Waals surface area contributed by atoms with Crippen molar-refractivity contribution in [3.8, 4) is 0 Å². The molecule has 0 aliphatic heterocycles. The highest BCUT2D eigenvalue weighted by Crippen LogP contribution is 2.25. The topological polar surface area (TPSA) is 56.3 Å². The van der Waals surface area contributed by atoms with Crippen LogP contribution in [0.1, 0.15) is 26.6 Å². The molecule has 0 unspecified atom stereocenters. The van der Waals surface area contributed by atoms with E-state index in [1.165, 1.54) is 0 Å². The summed E-state index contributed by atoms with van der Waals surface area (Å²) < 4.78 is 11.1. The SMILES string of the molecule is CCNc1nc(COCCOCC(C)C)nc2sccc12. The van der Waals surface area contributed by atoms with Gasteiger partial charge in [-0.3, -0.25) is 0 Å². The predicted molar refractivity (Wildman–Crippen MR) is 86.9 cm³/mol. The molecule has 2 aromatic rings. The largest absolute Gasteiger partial charge is 0.379 e. The molecule has 2 heterocycles. The van der Waals surface area contributed by atoms with Gasteiger partial charge in [0.1, 0.15) is 17.3 Å². The maximum atomic E-state index is 5.59. The van der Waals surface area contributed by atoms with Gasteiger partial charge in [-0.2, -0.15) is 0 Å². The molecule has 0 atom stereocenters. The number of nitrogens with zero attached hydrogens (tertiary/aromatic N) is 2. The highest BCUT2D eigenvalue weighted by atomic mass is 32.1. The third-order valence-electron chi connectivity index (χ3n) is 2.77. The van der Waals surface area contributed by atoms with Gasteiger partial charge in [-0.1, -0.05) is 13.8 Å². The lowest BCUT2D eigenvalue weighted by Gasteiger charge is -2.09. The molecule has 1 N–H and O–H groups in total. The number of thiophene rings is 1. The highest BCUT2D eigenvalue weighted by Gasteiger charge is 2.08. The van der Waals surface area contributed by atoms with Gasteiger partial charge in [0, 0.05) is 13.2 Å². The molecule has 2 rings (SSSR count). The molecule has 5 nitrogen and oxygen atoms in total. The van der Waals surface area contributed by atoms with Gasteiger partial charge >= 0.3 is 0 Å². The molecular formula is C15H23N3O2S. The van der Waals surface area contributed by atoms with E-state index in [0.29, 0.717) is 31.6 Å². The molecule has 0 saturated carbocycles. The molecule has 6 heteroatoms. The summed E-state index contributed by atoms with van der Waals surface area (Å²) in [5.41, 5.74) is 0. The van der Waals surface area contributed by atoms with Crippen molar-refractivity contribution in [2.24, 2.45) is 5.92 Å². The zero-order valence-electron chi connectivity index (χ0n) is 12.9. The van der Waals surface area contributed by atoms with Crippen molar-refractivity contribution in [1.29, 1.82) is 0 Å². The number of hydrogen-bond donors (Lipinski definition) is 1. The van der Waals surface area contributed by atoms with E-state index in [0.717, 1.165) is 29.2 Å². The Balaban J connectivity index is 1.87. The first-order valence-corrected chi connectivity index (χ1v) is 8.22. The van der Waals surface area contributed by atoms with Crippen molar-refractivity contribution in [3.05, 3.63) is 17.3 Å². The first-order valence-electron chi connectivity index (χ1n) is 7.34. The van der Waals surface area contributed by atoms with Crippen LogP contribution in [0.2, 0.25) is 0 Å². The lowest BCUT2D eigenvalue weighted by atomic mass is 10.2. The van der Waals surface area contributed by atoms with Gasteiger partial charge in [0.15, 0.2) is 5.82 Å². The van der Waals surface area contributed by atoms with Crippen LogP contribution in [0.25, 0.3) is 10.2 Å². The van der Waals surface area contributed by atoms with Gasteiger partial charge in [-0.05, 0) is 24.3 Å². The van der Waals surface area contributed by atoms with Gasteiger partial charge in [0.2, 0.25) is 0 Å². The number of hydrogen-bond acceptors (Lipinski definition) is 6. The van der Waals surface area contributed by atoms with Crippen molar-refractivity contribution in [2.45, 2.75) is 27.4 Å². The van der Waals surface area contributed by atoms with E-state index < -0.39 is 0 Å². The molecule has 0 fully saturated rings. The van der Waals surface area contributed by atoms with Gasteiger partial charge < -0.3 is 14.8 Å². The number of rotatable bonds is 9. The lowest BCUT2D eigenvalue weighted by molar-refractivity contribution is 0.0296. The second-order valence-corrected chi connectivity index (χ2v) is 6.07. The van der Waals surface area contributed by atoms with E-state index in [1.54, 1.807) is 11.3 Å². The molecule has 0 spiro atoms. The summed E-state index contributed by atoms with van der Waals surface area (Å²) in [6, 6.07) is 2.04. The van der Waals surface area contributed by atoms with Crippen molar-refractivity contribution in [2.75, 3.05) is 31.7 Å². The molecule has 0 saturated heterocycles. The van der Waals surface area contributed by atoms with Crippen LogP contribution in [-0.2, 0) is 16.1 Å². The Hall–Kier alpha value is -1.24. The maximum absolute atomic E-state index is 5.59. The maximum Gasteiger partial charge on any atom is 0.158 e. The van der Waals surface area contributed by atoms with E-state index in [4.69, 9.17) is 9.47 Å². The minimum atomic E-state index is 0.414. The summed E-state index contributed by atoms with van der Waals surface area (Å²) >= 11 is 1.62. The van der Waals surface area contributed by atoms with E-state index in [1.807, 2.05) is 11.4 Å². The minimum Gasteiger partial charge on any atom is -0.379 e. The van der Waals surface area contributed by atoms with Crippen LogP contribution >= 0.6 is 11.3 Å². The van der Waals surface area contributed by atoms with Gasteiger partial charge in [-0.25, -0.2) is 9.97 Å². The Labute approximate surface area is 129 Å². The Morgan fingerprint density at radius 1 is 1.24 bits per heavy atom. The van der Waals surface area contributed by atoms with Crippen LogP contribution in [0.4, 0.5) is 5.82 Å². The molecule has 0 amide bonds. The Morgan fingerprint density at radius 2 is 2.05 bits per heavy atom. The number of nitrogens with one attached hydrogen (secondary N) is 1. The lowest BCUT2D eigenvalue weighted by Crippen LogP contribution is -2.10. The van der Waals surface area contributed by atoms with E-state index >= 15 is 0 Å². The van der Waals surface area contributed by atoms with E-state index in [-0.39, 0.29) is 0 Å². The second kappa shape index (κ2) is 8.26. The fourth-order valence-corrected chi connectivity index (χ4v) is 2.65. The average molecular weight is 309 g/mol. The zero-order valence-corrected chi connectivity index (χ0v) is 13.7. The van der Waals surface area contributed by atoms with Crippen LogP contribution in [-0.4, -0.2) is 36.3 Å². The minimum absolute atomic E-state index is 0.414. The van der Waals surface area contributed by atoms with Crippen molar-refractivity contribution < 1.29 is 9.47 Å². The summed E-state index contributed by atoms with van der Waals surface area (Å²) in [6.45, 7) is 9.52. The smallest absolute Gasteiger partial charge is 0.158 e. The van der Waals surface area contributed by atoms with Crippen molar-refractivity contribution in [1.82, 2.24) is 9.97 Å². The predicted octanol–water partition coefficient (Wildman–Crippen LogP) is 3.31. The second-order valence-electron chi connectivity index (χ2n) is 5.18. The van der Waals surface area contributed by atoms with Crippen molar-refractivity contribution in [3.63, 3.8) is 0 Å². The van der Waals surface area contributed by atoms with Crippen molar-refractivity contribution >= 4 is 27.4 Å². The molecule has 21 heavy (non-hydrogen) atoms. The first-order chi connectivity index (χ1) is 10.2. The Kier molecular flexibility index (Phi) is 6.35. The molecule has 0 radical (unpaired) electrons. The molecule has 2 aromatic heterocycles. The number of ether oxygens (including phenoxy) is 2. The zero-order chi connectivity index (χ0) is 15.1. The van der Waals surface area contributed by atoms with Crippen LogP contribution in [0, 0.1) is 5.92 Å². The van der Waals surface area contributed by atoms with Crippen LogP contribution in [0.15, 0.2) is 11.4 Å². The monoisotopic (exact) mass is 309 g/mol. The number of aromatic nitrogens is 2. The van der Waals surface area contributed by atoms with E-state index in [2.05, 4.69) is 36.1 Å². The van der Waals surface area contributed by atoms with Crippen LogP contribution in [0.5, 0.6) is 0 Å². The summed E-state index contributed by atoms with van der Waals surface area (Å²) in [5, 5.41) is 6.38. The molecule has 0 bridgehead atoms. The van der Waals surface area contributed by atoms with Gasteiger partial charge in [-0.15, -0.1) is 11.3 Å². The van der Waals surface area contributed by atoms with Crippen LogP contribution < -0.4 is 5.32 Å². The molecule has 0 aliphatic carbocycles. The number of fused-ring (bicyclic) bond motifs is 1. The fourth-order valence-electron chi connectivity index (χ4n) is 1.87. The molecular weight excluding hydrogens is 286 g/mol. The normalized spacial score (nSPS) is 11.4.